The molecule has 0 fully saturated rings. The molecule has 2 heterocycles. The quantitative estimate of drug-likeness (QED) is 0.835. The summed E-state index contributed by atoms with van der Waals surface area (Å²) in [6.45, 7) is 0. The van der Waals surface area contributed by atoms with Crippen LogP contribution in [-0.2, 0) is 15.1 Å². The predicted octanol–water partition coefficient (Wildman–Crippen LogP) is 1.92. The van der Waals surface area contributed by atoms with Crippen LogP contribution in [0.25, 0.3) is 0 Å². The fraction of sp³-hybridized carbons (Fsp3) is 0.273. The van der Waals surface area contributed by atoms with Gasteiger partial charge in [-0.3, -0.25) is 9.78 Å². The van der Waals surface area contributed by atoms with E-state index in [1.54, 1.807) is 0 Å². The van der Waals surface area contributed by atoms with Gasteiger partial charge in [-0.25, -0.2) is 0 Å². The summed E-state index contributed by atoms with van der Waals surface area (Å²) in [4.78, 5) is 14.9. The Morgan fingerprint density at radius 1 is 1.44 bits per heavy atom. The Morgan fingerprint density at radius 2 is 2.17 bits per heavy atom. The summed E-state index contributed by atoms with van der Waals surface area (Å²) in [7, 11) is 0. The molecule has 2 rings (SSSR count). The highest BCUT2D eigenvalue weighted by Crippen LogP contribution is 2.48. The van der Waals surface area contributed by atoms with Crippen LogP contribution in [0.15, 0.2) is 30.8 Å². The smallest absolute Gasteiger partial charge is 0.433 e. The molecule has 0 aromatic carbocycles. The molecule has 0 saturated carbocycles. The van der Waals surface area contributed by atoms with Gasteiger partial charge in [-0.1, -0.05) is 0 Å². The van der Waals surface area contributed by atoms with Crippen molar-refractivity contribution in [3.05, 3.63) is 36.4 Å². The van der Waals surface area contributed by atoms with Gasteiger partial charge < -0.3 is 10.5 Å². The molecule has 1 atom stereocenters. The van der Waals surface area contributed by atoms with Crippen molar-refractivity contribution in [3.63, 3.8) is 0 Å². The van der Waals surface area contributed by atoms with Gasteiger partial charge in [0.2, 0.25) is 5.60 Å². The van der Waals surface area contributed by atoms with Gasteiger partial charge in [-0.2, -0.15) is 13.2 Å². The van der Waals surface area contributed by atoms with Crippen molar-refractivity contribution < 1.29 is 22.7 Å². The van der Waals surface area contributed by atoms with Gasteiger partial charge in [0.25, 0.3) is 0 Å². The van der Waals surface area contributed by atoms with E-state index in [1.165, 1.54) is 6.20 Å². The lowest BCUT2D eigenvalue weighted by atomic mass is 9.86. The monoisotopic (exact) mass is 258 g/mol. The molecule has 1 aliphatic heterocycles. The van der Waals surface area contributed by atoms with Crippen LogP contribution in [0.3, 0.4) is 0 Å². The van der Waals surface area contributed by atoms with Crippen molar-refractivity contribution in [1.82, 2.24) is 4.98 Å². The zero-order valence-corrected chi connectivity index (χ0v) is 9.07. The van der Waals surface area contributed by atoms with Crippen LogP contribution in [0, 0.1) is 0 Å². The second-order valence-electron chi connectivity index (χ2n) is 3.85. The molecule has 0 amide bonds. The summed E-state index contributed by atoms with van der Waals surface area (Å²) in [5, 5.41) is 0. The Kier molecular flexibility index (Phi) is 2.76. The number of nitrogen functional groups attached to an aromatic ring is 1. The first-order chi connectivity index (χ1) is 8.37. The van der Waals surface area contributed by atoms with Gasteiger partial charge in [0.05, 0.1) is 24.6 Å². The highest BCUT2D eigenvalue weighted by Gasteiger charge is 2.60. The number of ketones is 1. The molecule has 18 heavy (non-hydrogen) atoms. The maximum absolute atomic E-state index is 13.2. The molecule has 1 aliphatic rings. The van der Waals surface area contributed by atoms with E-state index in [-0.39, 0.29) is 11.3 Å². The van der Waals surface area contributed by atoms with Crippen LogP contribution >= 0.6 is 0 Å². The summed E-state index contributed by atoms with van der Waals surface area (Å²) in [6, 6.07) is 1.11. The Hall–Kier alpha value is -2.05. The first-order valence-corrected chi connectivity index (χ1v) is 5.01. The van der Waals surface area contributed by atoms with Gasteiger partial charge in [0.15, 0.2) is 5.78 Å². The number of hydrogen-bond acceptors (Lipinski definition) is 4. The van der Waals surface area contributed by atoms with Crippen molar-refractivity contribution in [1.29, 1.82) is 0 Å². The van der Waals surface area contributed by atoms with E-state index in [0.29, 0.717) is 0 Å². The number of pyridine rings is 1. The van der Waals surface area contributed by atoms with E-state index < -0.39 is 24.0 Å². The molecular formula is C11H9F3N2O2. The summed E-state index contributed by atoms with van der Waals surface area (Å²) in [6.07, 6.45) is -1.62. The highest BCUT2D eigenvalue weighted by molar-refractivity contribution is 5.91. The SMILES string of the molecule is Nc1cnccc1C1(C(F)(F)F)CC(=O)C=CO1. The number of nitrogens with zero attached hydrogens (tertiary/aromatic N) is 1. The Balaban J connectivity index is 2.61. The number of aromatic nitrogens is 1. The zero-order chi connectivity index (χ0) is 13.4. The van der Waals surface area contributed by atoms with Crippen LogP contribution in [0.4, 0.5) is 18.9 Å². The minimum absolute atomic E-state index is 0.169. The van der Waals surface area contributed by atoms with Gasteiger partial charge in [0, 0.05) is 17.8 Å². The normalized spacial score (nSPS) is 23.8. The number of anilines is 1. The van der Waals surface area contributed by atoms with E-state index in [2.05, 4.69) is 4.98 Å². The molecule has 0 saturated heterocycles. The zero-order valence-electron chi connectivity index (χ0n) is 9.07. The van der Waals surface area contributed by atoms with Crippen molar-refractivity contribution >= 4 is 11.5 Å². The number of carbonyl (C=O) groups is 1. The van der Waals surface area contributed by atoms with E-state index >= 15 is 0 Å². The molecule has 96 valence electrons. The fourth-order valence-corrected chi connectivity index (χ4v) is 1.82. The largest absolute Gasteiger partial charge is 0.480 e. The van der Waals surface area contributed by atoms with Crippen LogP contribution in [0.5, 0.6) is 0 Å². The fourth-order valence-electron chi connectivity index (χ4n) is 1.82. The molecule has 0 aliphatic carbocycles. The van der Waals surface area contributed by atoms with Crippen LogP contribution in [-0.4, -0.2) is 16.9 Å². The molecule has 0 spiro atoms. The summed E-state index contributed by atoms with van der Waals surface area (Å²) in [5.74, 6) is -0.671. The average Bonchev–Trinajstić information content (AvgIpc) is 2.28. The number of allylic oxidation sites excluding steroid dienone is 1. The van der Waals surface area contributed by atoms with Crippen LogP contribution < -0.4 is 5.73 Å². The standard InChI is InChI=1S/C11H9F3N2O2/c12-11(13,14)10(5-7(17)2-4-18-10)8-1-3-16-6-9(8)15/h1-4,6H,5,15H2. The van der Waals surface area contributed by atoms with Gasteiger partial charge in [-0.15, -0.1) is 0 Å². The summed E-state index contributed by atoms with van der Waals surface area (Å²) in [5.41, 5.74) is 2.30. The molecule has 0 bridgehead atoms. The van der Waals surface area contributed by atoms with E-state index in [9.17, 15) is 18.0 Å². The van der Waals surface area contributed by atoms with Crippen molar-refractivity contribution in [2.24, 2.45) is 0 Å². The third-order valence-corrected chi connectivity index (χ3v) is 2.69. The van der Waals surface area contributed by atoms with E-state index in [4.69, 9.17) is 10.5 Å². The molecule has 4 nitrogen and oxygen atoms in total. The number of alkyl halides is 3. The predicted molar refractivity (Wildman–Crippen MR) is 56.2 cm³/mol. The van der Waals surface area contributed by atoms with E-state index in [1.807, 2.05) is 0 Å². The van der Waals surface area contributed by atoms with Crippen molar-refractivity contribution in [2.45, 2.75) is 18.2 Å². The van der Waals surface area contributed by atoms with Gasteiger partial charge >= 0.3 is 6.18 Å². The molecular weight excluding hydrogens is 249 g/mol. The number of nitrogens with two attached hydrogens (primary N) is 1. The highest BCUT2D eigenvalue weighted by atomic mass is 19.4. The number of halogens is 3. The molecule has 7 heteroatoms. The summed E-state index contributed by atoms with van der Waals surface area (Å²) < 4.78 is 44.5. The second-order valence-corrected chi connectivity index (χ2v) is 3.85. The lowest BCUT2D eigenvalue weighted by Crippen LogP contribution is -2.47. The molecule has 0 radical (unpaired) electrons. The molecule has 1 aromatic rings. The van der Waals surface area contributed by atoms with Crippen LogP contribution in [0.2, 0.25) is 0 Å². The minimum atomic E-state index is -4.76. The average molecular weight is 258 g/mol. The second kappa shape index (κ2) is 4.01. The number of ether oxygens (including phenoxy) is 1. The first-order valence-electron chi connectivity index (χ1n) is 5.01. The van der Waals surface area contributed by atoms with Crippen LogP contribution in [0.1, 0.15) is 12.0 Å². The first kappa shape index (κ1) is 12.4. The Labute approximate surface area is 100 Å². The number of rotatable bonds is 1. The third-order valence-electron chi connectivity index (χ3n) is 2.69. The maximum atomic E-state index is 13.2. The third kappa shape index (κ3) is 1.81. The Morgan fingerprint density at radius 3 is 2.72 bits per heavy atom. The lowest BCUT2D eigenvalue weighted by molar-refractivity contribution is -0.270. The Bertz CT molecular complexity index is 513. The molecule has 1 unspecified atom stereocenters. The number of carbonyl (C=O) groups excluding carboxylic acids is 1. The summed E-state index contributed by atoms with van der Waals surface area (Å²) >= 11 is 0. The van der Waals surface area contributed by atoms with E-state index in [0.717, 1.165) is 24.6 Å². The topological polar surface area (TPSA) is 65.2 Å². The van der Waals surface area contributed by atoms with Gasteiger partial charge in [-0.05, 0) is 6.07 Å². The lowest BCUT2D eigenvalue weighted by Gasteiger charge is -2.36. The maximum Gasteiger partial charge on any atom is 0.433 e. The number of hydrogen-bond donors (Lipinski definition) is 1. The van der Waals surface area contributed by atoms with Gasteiger partial charge in [0.1, 0.15) is 0 Å². The van der Waals surface area contributed by atoms with Crippen molar-refractivity contribution in [2.75, 3.05) is 5.73 Å². The molecule has 2 N–H and O–H groups in total. The minimum Gasteiger partial charge on any atom is -0.480 e. The molecule has 1 aromatic heterocycles. The van der Waals surface area contributed by atoms with Crippen molar-refractivity contribution in [3.8, 4) is 0 Å².